The smallest absolute Gasteiger partial charge is 0.405 e. The number of carbonyl (C=O) groups is 1. The van der Waals surface area contributed by atoms with Gasteiger partial charge in [-0.2, -0.15) is 0 Å². The average molecular weight is 378 g/mol. The number of fused-ring (bicyclic) bond motifs is 1. The van der Waals surface area contributed by atoms with Gasteiger partial charge in [-0.15, -0.1) is 13.2 Å². The number of para-hydroxylation sites is 2. The molecule has 1 unspecified atom stereocenters. The molecule has 144 valence electrons. The molecule has 27 heavy (non-hydrogen) atoms. The van der Waals surface area contributed by atoms with E-state index in [9.17, 15) is 18.0 Å². The summed E-state index contributed by atoms with van der Waals surface area (Å²) in [5.74, 6) is -0.233. The fourth-order valence-corrected chi connectivity index (χ4v) is 3.37. The summed E-state index contributed by atoms with van der Waals surface area (Å²) in [6.45, 7) is 1.28. The Bertz CT molecular complexity index is 780. The number of nitrogens with one attached hydrogen (secondary N) is 1. The lowest BCUT2D eigenvalue weighted by Crippen LogP contribution is -2.46. The molecule has 3 rings (SSSR count). The highest BCUT2D eigenvalue weighted by molar-refractivity contribution is 5.69. The Kier molecular flexibility index (Phi) is 6.01. The van der Waals surface area contributed by atoms with Gasteiger partial charge in [0.15, 0.2) is 0 Å². The number of hydrogen-bond donors (Lipinski definition) is 1. The zero-order valence-corrected chi connectivity index (χ0v) is 14.7. The summed E-state index contributed by atoms with van der Waals surface area (Å²) in [5.41, 5.74) is 2.64. The standard InChI is InChI=1S/C20H21F3N2O2/c21-20(22,23)27-19-10-4-2-7-16(19)12-24-13-17(14-26)25-11-5-8-15-6-1-3-9-18(15)25/h1-4,6-7,9-10,14,17,24H,5,8,11-13H2. The highest BCUT2D eigenvalue weighted by Crippen LogP contribution is 2.28. The lowest BCUT2D eigenvalue weighted by atomic mass is 10.00. The van der Waals surface area contributed by atoms with Crippen molar-refractivity contribution in [3.63, 3.8) is 0 Å². The van der Waals surface area contributed by atoms with Crippen molar-refractivity contribution in [1.82, 2.24) is 5.32 Å². The third-order valence-corrected chi connectivity index (χ3v) is 4.57. The van der Waals surface area contributed by atoms with Gasteiger partial charge < -0.3 is 19.7 Å². The number of aldehydes is 1. The molecule has 1 aliphatic rings. The van der Waals surface area contributed by atoms with Crippen LogP contribution in [0.5, 0.6) is 5.75 Å². The SMILES string of the molecule is O=CC(CNCc1ccccc1OC(F)(F)F)N1CCCc2ccccc21. The van der Waals surface area contributed by atoms with Gasteiger partial charge in [-0.3, -0.25) is 0 Å². The van der Waals surface area contributed by atoms with E-state index in [0.717, 1.165) is 31.4 Å². The van der Waals surface area contributed by atoms with Gasteiger partial charge in [0.2, 0.25) is 0 Å². The van der Waals surface area contributed by atoms with Crippen LogP contribution in [0.15, 0.2) is 48.5 Å². The molecular weight excluding hydrogens is 357 g/mol. The maximum absolute atomic E-state index is 12.5. The van der Waals surface area contributed by atoms with Gasteiger partial charge in [-0.05, 0) is 30.5 Å². The van der Waals surface area contributed by atoms with E-state index in [1.807, 2.05) is 18.2 Å². The van der Waals surface area contributed by atoms with Gasteiger partial charge in [0.1, 0.15) is 12.0 Å². The molecule has 0 saturated carbocycles. The predicted molar refractivity (Wildman–Crippen MR) is 96.8 cm³/mol. The lowest BCUT2D eigenvalue weighted by molar-refractivity contribution is -0.274. The van der Waals surface area contributed by atoms with Crippen LogP contribution in [0.4, 0.5) is 18.9 Å². The van der Waals surface area contributed by atoms with Crippen LogP contribution in [-0.2, 0) is 17.8 Å². The van der Waals surface area contributed by atoms with E-state index in [-0.39, 0.29) is 18.3 Å². The molecule has 0 aromatic heterocycles. The maximum Gasteiger partial charge on any atom is 0.573 e. The van der Waals surface area contributed by atoms with Crippen LogP contribution in [0.2, 0.25) is 0 Å². The number of hydrogen-bond acceptors (Lipinski definition) is 4. The molecule has 0 fully saturated rings. The summed E-state index contributed by atoms with van der Waals surface area (Å²) in [6.07, 6.45) is -1.91. The number of nitrogens with zero attached hydrogens (tertiary/aromatic N) is 1. The van der Waals surface area contributed by atoms with Crippen LogP contribution in [0.25, 0.3) is 0 Å². The molecule has 7 heteroatoms. The van der Waals surface area contributed by atoms with E-state index in [4.69, 9.17) is 0 Å². The summed E-state index contributed by atoms with van der Waals surface area (Å²) in [7, 11) is 0. The molecule has 0 radical (unpaired) electrons. The Morgan fingerprint density at radius 3 is 2.67 bits per heavy atom. The first-order valence-corrected chi connectivity index (χ1v) is 8.82. The number of benzene rings is 2. The second kappa shape index (κ2) is 8.43. The van der Waals surface area contributed by atoms with Crippen LogP contribution >= 0.6 is 0 Å². The van der Waals surface area contributed by atoms with Gasteiger partial charge in [-0.1, -0.05) is 36.4 Å². The quantitative estimate of drug-likeness (QED) is 0.746. The first-order chi connectivity index (χ1) is 13.0. The topological polar surface area (TPSA) is 41.6 Å². The largest absolute Gasteiger partial charge is 0.573 e. The van der Waals surface area contributed by atoms with Crippen molar-refractivity contribution in [3.05, 3.63) is 59.7 Å². The normalized spacial score (nSPS) is 15.1. The second-order valence-electron chi connectivity index (χ2n) is 6.42. The summed E-state index contributed by atoms with van der Waals surface area (Å²) >= 11 is 0. The molecule has 4 nitrogen and oxygen atoms in total. The molecule has 1 heterocycles. The van der Waals surface area contributed by atoms with E-state index in [0.29, 0.717) is 12.1 Å². The van der Waals surface area contributed by atoms with Crippen molar-refractivity contribution in [2.45, 2.75) is 31.8 Å². The zero-order chi connectivity index (χ0) is 19.3. The first kappa shape index (κ1) is 19.2. The zero-order valence-electron chi connectivity index (χ0n) is 14.7. The molecular formula is C20H21F3N2O2. The maximum atomic E-state index is 12.5. The third-order valence-electron chi connectivity index (χ3n) is 4.57. The fraction of sp³-hybridized carbons (Fsp3) is 0.350. The van der Waals surface area contributed by atoms with Crippen molar-refractivity contribution in [3.8, 4) is 5.75 Å². The number of carbonyl (C=O) groups excluding carboxylic acids is 1. The monoisotopic (exact) mass is 378 g/mol. The molecule has 0 spiro atoms. The minimum Gasteiger partial charge on any atom is -0.405 e. The van der Waals surface area contributed by atoms with Crippen molar-refractivity contribution < 1.29 is 22.7 Å². The Labute approximate surface area is 155 Å². The fourth-order valence-electron chi connectivity index (χ4n) is 3.37. The summed E-state index contributed by atoms with van der Waals surface area (Å²) < 4.78 is 41.6. The number of rotatable bonds is 7. The highest BCUT2D eigenvalue weighted by atomic mass is 19.4. The molecule has 1 atom stereocenters. The van der Waals surface area contributed by atoms with Crippen molar-refractivity contribution in [2.75, 3.05) is 18.0 Å². The molecule has 1 N–H and O–H groups in total. The molecule has 2 aromatic carbocycles. The number of ether oxygens (including phenoxy) is 1. The van der Waals surface area contributed by atoms with Gasteiger partial charge >= 0.3 is 6.36 Å². The molecule has 0 aliphatic carbocycles. The van der Waals surface area contributed by atoms with Crippen LogP contribution in [0.3, 0.4) is 0 Å². The second-order valence-corrected chi connectivity index (χ2v) is 6.42. The molecule has 0 saturated heterocycles. The number of anilines is 1. The minimum atomic E-state index is -4.74. The Balaban J connectivity index is 1.64. The van der Waals surface area contributed by atoms with Crippen LogP contribution < -0.4 is 15.0 Å². The number of halogens is 3. The van der Waals surface area contributed by atoms with Gasteiger partial charge in [0, 0.05) is 30.9 Å². The van der Waals surface area contributed by atoms with E-state index >= 15 is 0 Å². The van der Waals surface area contributed by atoms with Gasteiger partial charge in [0.25, 0.3) is 0 Å². The Hall–Kier alpha value is -2.54. The first-order valence-electron chi connectivity index (χ1n) is 8.82. The van der Waals surface area contributed by atoms with Crippen LogP contribution in [0, 0.1) is 0 Å². The molecule has 0 bridgehead atoms. The molecule has 2 aromatic rings. The molecule has 1 aliphatic heterocycles. The minimum absolute atomic E-state index is 0.173. The van der Waals surface area contributed by atoms with Crippen molar-refractivity contribution in [2.24, 2.45) is 0 Å². The highest BCUT2D eigenvalue weighted by Gasteiger charge is 2.32. The van der Waals surface area contributed by atoms with Crippen molar-refractivity contribution in [1.29, 1.82) is 0 Å². The third kappa shape index (κ3) is 5.01. The summed E-state index contributed by atoms with van der Waals surface area (Å²) in [6, 6.07) is 13.6. The van der Waals surface area contributed by atoms with E-state index < -0.39 is 6.36 Å². The van der Waals surface area contributed by atoms with Crippen LogP contribution in [0.1, 0.15) is 17.5 Å². The lowest BCUT2D eigenvalue weighted by Gasteiger charge is -2.35. The average Bonchev–Trinajstić information content (AvgIpc) is 2.65. The summed E-state index contributed by atoms with van der Waals surface area (Å²) in [5, 5.41) is 3.09. The van der Waals surface area contributed by atoms with Crippen LogP contribution in [-0.4, -0.2) is 31.8 Å². The van der Waals surface area contributed by atoms with Crippen molar-refractivity contribution >= 4 is 12.0 Å². The Morgan fingerprint density at radius 2 is 1.89 bits per heavy atom. The van der Waals surface area contributed by atoms with E-state index in [1.54, 1.807) is 12.1 Å². The van der Waals surface area contributed by atoms with Gasteiger partial charge in [0.05, 0.1) is 6.04 Å². The summed E-state index contributed by atoms with van der Waals surface area (Å²) in [4.78, 5) is 13.7. The van der Waals surface area contributed by atoms with Gasteiger partial charge in [-0.25, -0.2) is 0 Å². The van der Waals surface area contributed by atoms with E-state index in [1.165, 1.54) is 17.7 Å². The predicted octanol–water partition coefficient (Wildman–Crippen LogP) is 3.70. The number of alkyl halides is 3. The molecule has 0 amide bonds. The number of aryl methyl sites for hydroxylation is 1. The van der Waals surface area contributed by atoms with E-state index in [2.05, 4.69) is 21.0 Å². The Morgan fingerprint density at radius 1 is 1.15 bits per heavy atom.